The normalized spacial score (nSPS) is 13.9. The standard InChI is InChI=1S/C16H17N3O2/c1-2-8-18-9-4-5-11(18)10-19-15(20)12-6-3-7-13(17)14(12)16(19)21/h3-7,9H,2,8,10,17H2,1H3. The Morgan fingerprint density at radius 2 is 1.90 bits per heavy atom. The van der Waals surface area contributed by atoms with Crippen molar-refractivity contribution in [3.8, 4) is 0 Å². The number of nitrogens with zero attached hydrogens (tertiary/aromatic N) is 2. The molecule has 1 aliphatic heterocycles. The number of hydrogen-bond donors (Lipinski definition) is 1. The molecule has 0 atom stereocenters. The van der Waals surface area contributed by atoms with Gasteiger partial charge >= 0.3 is 0 Å². The highest BCUT2D eigenvalue weighted by Crippen LogP contribution is 2.28. The topological polar surface area (TPSA) is 68.3 Å². The molecule has 0 spiro atoms. The van der Waals surface area contributed by atoms with Crippen LogP contribution < -0.4 is 5.73 Å². The number of aromatic nitrogens is 1. The number of benzene rings is 1. The largest absolute Gasteiger partial charge is 0.398 e. The SMILES string of the molecule is CCCn1cccc1CN1C(=O)c2cccc(N)c2C1=O. The number of nitrogens with two attached hydrogens (primary N) is 1. The van der Waals surface area contributed by atoms with Gasteiger partial charge in [0.25, 0.3) is 11.8 Å². The lowest BCUT2D eigenvalue weighted by Crippen LogP contribution is -2.30. The predicted molar refractivity (Wildman–Crippen MR) is 79.8 cm³/mol. The van der Waals surface area contributed by atoms with Crippen LogP contribution in [-0.4, -0.2) is 21.3 Å². The number of amides is 2. The summed E-state index contributed by atoms with van der Waals surface area (Å²) in [5, 5.41) is 0. The molecule has 0 unspecified atom stereocenters. The summed E-state index contributed by atoms with van der Waals surface area (Å²) in [6.07, 6.45) is 2.96. The van der Waals surface area contributed by atoms with Gasteiger partial charge in [-0.2, -0.15) is 0 Å². The van der Waals surface area contributed by atoms with Crippen LogP contribution in [0.2, 0.25) is 0 Å². The highest BCUT2D eigenvalue weighted by Gasteiger charge is 2.37. The molecule has 0 saturated heterocycles. The van der Waals surface area contributed by atoms with Gasteiger partial charge in [-0.15, -0.1) is 0 Å². The Bertz CT molecular complexity index is 718. The zero-order chi connectivity index (χ0) is 15.0. The zero-order valence-corrected chi connectivity index (χ0v) is 11.9. The number of hydrogen-bond acceptors (Lipinski definition) is 3. The first-order chi connectivity index (χ1) is 10.1. The van der Waals surface area contributed by atoms with Crippen LogP contribution in [0.3, 0.4) is 0 Å². The van der Waals surface area contributed by atoms with E-state index in [2.05, 4.69) is 11.5 Å². The van der Waals surface area contributed by atoms with Crippen molar-refractivity contribution in [3.63, 3.8) is 0 Å². The van der Waals surface area contributed by atoms with E-state index >= 15 is 0 Å². The first-order valence-electron chi connectivity index (χ1n) is 7.02. The summed E-state index contributed by atoms with van der Waals surface area (Å²) in [7, 11) is 0. The molecule has 3 rings (SSSR count). The number of fused-ring (bicyclic) bond motifs is 1. The third-order valence-corrected chi connectivity index (χ3v) is 3.74. The quantitative estimate of drug-likeness (QED) is 0.691. The smallest absolute Gasteiger partial charge is 0.264 e. The maximum absolute atomic E-state index is 12.4. The molecule has 5 heteroatoms. The van der Waals surface area contributed by atoms with E-state index in [1.807, 2.05) is 18.3 Å². The van der Waals surface area contributed by atoms with E-state index in [1.165, 1.54) is 4.90 Å². The molecular formula is C16H17N3O2. The minimum Gasteiger partial charge on any atom is -0.398 e. The molecule has 108 valence electrons. The van der Waals surface area contributed by atoms with Crippen LogP contribution in [-0.2, 0) is 13.1 Å². The first-order valence-corrected chi connectivity index (χ1v) is 7.02. The van der Waals surface area contributed by atoms with Gasteiger partial charge in [0.2, 0.25) is 0 Å². The van der Waals surface area contributed by atoms with E-state index in [1.54, 1.807) is 18.2 Å². The minimum absolute atomic E-state index is 0.272. The second kappa shape index (κ2) is 5.09. The lowest BCUT2D eigenvalue weighted by Gasteiger charge is -2.15. The van der Waals surface area contributed by atoms with Gasteiger partial charge in [0.15, 0.2) is 0 Å². The average Bonchev–Trinajstić information content (AvgIpc) is 2.99. The van der Waals surface area contributed by atoms with Gasteiger partial charge in [-0.25, -0.2) is 0 Å². The zero-order valence-electron chi connectivity index (χ0n) is 11.9. The highest BCUT2D eigenvalue weighted by atomic mass is 16.2. The van der Waals surface area contributed by atoms with Crippen molar-refractivity contribution in [1.29, 1.82) is 0 Å². The molecule has 2 N–H and O–H groups in total. The second-order valence-corrected chi connectivity index (χ2v) is 5.16. The molecule has 1 aromatic heterocycles. The van der Waals surface area contributed by atoms with Crippen molar-refractivity contribution >= 4 is 17.5 Å². The van der Waals surface area contributed by atoms with Crippen molar-refractivity contribution in [1.82, 2.24) is 9.47 Å². The summed E-state index contributed by atoms with van der Waals surface area (Å²) < 4.78 is 2.06. The molecule has 2 aromatic rings. The molecule has 0 bridgehead atoms. The third-order valence-electron chi connectivity index (χ3n) is 3.74. The Balaban J connectivity index is 1.92. The summed E-state index contributed by atoms with van der Waals surface area (Å²) in [6.45, 7) is 3.24. The van der Waals surface area contributed by atoms with Crippen LogP contribution in [0.1, 0.15) is 39.8 Å². The molecular weight excluding hydrogens is 266 g/mol. The molecule has 2 heterocycles. The number of anilines is 1. The molecule has 21 heavy (non-hydrogen) atoms. The molecule has 1 aliphatic rings. The lowest BCUT2D eigenvalue weighted by molar-refractivity contribution is 0.0639. The summed E-state index contributed by atoms with van der Waals surface area (Å²) in [5.41, 5.74) is 7.87. The Morgan fingerprint density at radius 1 is 1.10 bits per heavy atom. The third kappa shape index (κ3) is 2.11. The summed E-state index contributed by atoms with van der Waals surface area (Å²) in [5.74, 6) is -0.580. The van der Waals surface area contributed by atoms with E-state index < -0.39 is 0 Å². The fourth-order valence-electron chi connectivity index (χ4n) is 2.72. The maximum atomic E-state index is 12.4. The van der Waals surface area contributed by atoms with E-state index in [0.29, 0.717) is 16.8 Å². The highest BCUT2D eigenvalue weighted by molar-refractivity contribution is 6.23. The number of carbonyl (C=O) groups excluding carboxylic acids is 2. The van der Waals surface area contributed by atoms with Gasteiger partial charge < -0.3 is 10.3 Å². The molecule has 0 saturated carbocycles. The molecule has 0 radical (unpaired) electrons. The van der Waals surface area contributed by atoms with Gasteiger partial charge in [-0.1, -0.05) is 13.0 Å². The summed E-state index contributed by atoms with van der Waals surface area (Å²) in [4.78, 5) is 26.1. The Labute approximate surface area is 123 Å². The van der Waals surface area contributed by atoms with Crippen LogP contribution in [0.4, 0.5) is 5.69 Å². The minimum atomic E-state index is -0.308. The Kier molecular flexibility index (Phi) is 3.25. The number of imide groups is 1. The van der Waals surface area contributed by atoms with Crippen LogP contribution in [0, 0.1) is 0 Å². The van der Waals surface area contributed by atoms with E-state index in [9.17, 15) is 9.59 Å². The van der Waals surface area contributed by atoms with Gasteiger partial charge in [-0.3, -0.25) is 14.5 Å². The van der Waals surface area contributed by atoms with Crippen LogP contribution >= 0.6 is 0 Å². The predicted octanol–water partition coefficient (Wildman–Crippen LogP) is 2.28. The van der Waals surface area contributed by atoms with Gasteiger partial charge in [0.1, 0.15) is 0 Å². The van der Waals surface area contributed by atoms with Crippen LogP contribution in [0.5, 0.6) is 0 Å². The van der Waals surface area contributed by atoms with Crippen LogP contribution in [0.25, 0.3) is 0 Å². The number of rotatable bonds is 4. The van der Waals surface area contributed by atoms with E-state index in [-0.39, 0.29) is 18.4 Å². The maximum Gasteiger partial charge on any atom is 0.264 e. The van der Waals surface area contributed by atoms with Crippen molar-refractivity contribution in [3.05, 3.63) is 53.3 Å². The number of carbonyl (C=O) groups is 2. The molecule has 5 nitrogen and oxygen atoms in total. The molecule has 0 aliphatic carbocycles. The van der Waals surface area contributed by atoms with E-state index in [4.69, 9.17) is 5.73 Å². The summed E-state index contributed by atoms with van der Waals surface area (Å²) in [6, 6.07) is 8.85. The number of aryl methyl sites for hydroxylation is 1. The Hall–Kier alpha value is -2.56. The lowest BCUT2D eigenvalue weighted by atomic mass is 10.1. The fourth-order valence-corrected chi connectivity index (χ4v) is 2.72. The van der Waals surface area contributed by atoms with Crippen molar-refractivity contribution in [2.75, 3.05) is 5.73 Å². The van der Waals surface area contributed by atoms with Gasteiger partial charge in [-0.05, 0) is 30.7 Å². The van der Waals surface area contributed by atoms with Crippen molar-refractivity contribution in [2.45, 2.75) is 26.4 Å². The van der Waals surface area contributed by atoms with Crippen molar-refractivity contribution < 1.29 is 9.59 Å². The van der Waals surface area contributed by atoms with Gasteiger partial charge in [0, 0.05) is 24.1 Å². The first kappa shape index (κ1) is 13.4. The van der Waals surface area contributed by atoms with Crippen LogP contribution in [0.15, 0.2) is 36.5 Å². The Morgan fingerprint density at radius 3 is 2.62 bits per heavy atom. The molecule has 2 amide bonds. The van der Waals surface area contributed by atoms with E-state index in [0.717, 1.165) is 18.7 Å². The molecule has 0 fully saturated rings. The second-order valence-electron chi connectivity index (χ2n) is 5.16. The fraction of sp³-hybridized carbons (Fsp3) is 0.250. The molecule has 1 aromatic carbocycles. The van der Waals surface area contributed by atoms with Gasteiger partial charge in [0.05, 0.1) is 17.7 Å². The average molecular weight is 283 g/mol. The monoisotopic (exact) mass is 283 g/mol. The number of nitrogen functional groups attached to an aromatic ring is 1. The van der Waals surface area contributed by atoms with Crippen molar-refractivity contribution in [2.24, 2.45) is 0 Å². The summed E-state index contributed by atoms with van der Waals surface area (Å²) >= 11 is 0.